The summed E-state index contributed by atoms with van der Waals surface area (Å²) in [6.07, 6.45) is 0.885. The minimum absolute atomic E-state index is 0.713. The van der Waals surface area contributed by atoms with Crippen molar-refractivity contribution in [3.8, 4) is 0 Å². The number of rotatable bonds is 1. The van der Waals surface area contributed by atoms with Crippen LogP contribution < -0.4 is 0 Å². The van der Waals surface area contributed by atoms with Gasteiger partial charge in [0.05, 0.1) is 0 Å². The molecule has 0 N–H and O–H groups in total. The van der Waals surface area contributed by atoms with Gasteiger partial charge in [-0.05, 0) is 36.4 Å². The lowest BCUT2D eigenvalue weighted by atomic mass is 10.1. The van der Waals surface area contributed by atoms with Crippen molar-refractivity contribution >= 4 is 44.0 Å². The predicted molar refractivity (Wildman–Crippen MR) is 73.5 cm³/mol. The minimum atomic E-state index is 0.713. The van der Waals surface area contributed by atoms with Gasteiger partial charge in [-0.15, -0.1) is 0 Å². The molecule has 0 bridgehead atoms. The number of carbonyl (C=O) groups excluding carboxylic acids is 1. The molecule has 84 valence electrons. The lowest BCUT2D eigenvalue weighted by Gasteiger charge is -1.97. The summed E-state index contributed by atoms with van der Waals surface area (Å²) in [5.74, 6) is 0. The molecule has 0 saturated carbocycles. The van der Waals surface area contributed by atoms with Crippen LogP contribution in [0.15, 0.2) is 40.9 Å². The van der Waals surface area contributed by atoms with Crippen molar-refractivity contribution in [3.63, 3.8) is 0 Å². The molecule has 0 aliphatic heterocycles. The van der Waals surface area contributed by atoms with Crippen LogP contribution in [0.25, 0.3) is 21.8 Å². The lowest BCUT2D eigenvalue weighted by Crippen LogP contribution is -1.86. The molecule has 17 heavy (non-hydrogen) atoms. The molecule has 3 heteroatoms. The summed E-state index contributed by atoms with van der Waals surface area (Å²) in [5, 5.41) is 2.29. The maximum Gasteiger partial charge on any atom is 0.150 e. The van der Waals surface area contributed by atoms with Gasteiger partial charge in [-0.1, -0.05) is 15.9 Å². The van der Waals surface area contributed by atoms with Crippen LogP contribution in [0.1, 0.15) is 10.4 Å². The molecule has 0 atom stereocenters. The maximum atomic E-state index is 10.8. The molecule has 0 unspecified atom stereocenters. The molecule has 1 aromatic heterocycles. The molecule has 2 nitrogen and oxygen atoms in total. The average molecular weight is 288 g/mol. The van der Waals surface area contributed by atoms with E-state index in [1.165, 1.54) is 10.9 Å². The molecule has 0 fully saturated rings. The van der Waals surface area contributed by atoms with Gasteiger partial charge >= 0.3 is 0 Å². The standard InChI is InChI=1S/C14H10BrNO/c1-16-13-4-2-9(8-17)6-11(13)12-7-10(15)3-5-14(12)16/h2-8H,1H3. The van der Waals surface area contributed by atoms with E-state index in [4.69, 9.17) is 0 Å². The van der Waals surface area contributed by atoms with Gasteiger partial charge < -0.3 is 4.57 Å². The molecule has 3 aromatic rings. The highest BCUT2D eigenvalue weighted by atomic mass is 79.9. The Bertz CT molecular complexity index is 743. The fourth-order valence-corrected chi connectivity index (χ4v) is 2.64. The quantitative estimate of drug-likeness (QED) is 0.622. The highest BCUT2D eigenvalue weighted by Gasteiger charge is 2.08. The van der Waals surface area contributed by atoms with Crippen LogP contribution in [0.5, 0.6) is 0 Å². The Morgan fingerprint density at radius 2 is 1.71 bits per heavy atom. The number of aryl methyl sites for hydroxylation is 1. The van der Waals surface area contributed by atoms with Gasteiger partial charge in [0, 0.05) is 38.9 Å². The molecule has 2 aromatic carbocycles. The molecule has 1 heterocycles. The smallest absolute Gasteiger partial charge is 0.150 e. The number of aldehydes is 1. The molecule has 0 aliphatic carbocycles. The number of aromatic nitrogens is 1. The van der Waals surface area contributed by atoms with Gasteiger partial charge in [-0.25, -0.2) is 0 Å². The summed E-state index contributed by atoms with van der Waals surface area (Å²) in [6, 6.07) is 12.0. The van der Waals surface area contributed by atoms with Crippen molar-refractivity contribution in [2.75, 3.05) is 0 Å². The third kappa shape index (κ3) is 1.50. The first kappa shape index (κ1) is 10.5. The summed E-state index contributed by atoms with van der Waals surface area (Å²) in [7, 11) is 2.04. The Balaban J connectivity index is 2.55. The van der Waals surface area contributed by atoms with Gasteiger partial charge in [-0.2, -0.15) is 0 Å². The second-order valence-corrected chi connectivity index (χ2v) is 5.03. The number of hydrogen-bond acceptors (Lipinski definition) is 1. The zero-order chi connectivity index (χ0) is 12.0. The summed E-state index contributed by atoms with van der Waals surface area (Å²) >= 11 is 3.48. The molecule has 3 rings (SSSR count). The Kier molecular flexibility index (Phi) is 2.30. The molecule has 0 aliphatic rings. The number of fused-ring (bicyclic) bond motifs is 3. The zero-order valence-electron chi connectivity index (χ0n) is 9.27. The molecule has 0 spiro atoms. The first-order chi connectivity index (χ1) is 8.20. The van der Waals surface area contributed by atoms with Gasteiger partial charge in [0.1, 0.15) is 6.29 Å². The second kappa shape index (κ2) is 3.70. The van der Waals surface area contributed by atoms with E-state index in [9.17, 15) is 4.79 Å². The second-order valence-electron chi connectivity index (χ2n) is 4.11. The highest BCUT2D eigenvalue weighted by Crippen LogP contribution is 2.30. The van der Waals surface area contributed by atoms with Crippen LogP contribution in [-0.4, -0.2) is 10.9 Å². The predicted octanol–water partition coefficient (Wildman–Crippen LogP) is 3.91. The Labute approximate surface area is 107 Å². The SMILES string of the molecule is Cn1c2ccc(Br)cc2c2cc(C=O)ccc21. The van der Waals surface area contributed by atoms with E-state index >= 15 is 0 Å². The summed E-state index contributed by atoms with van der Waals surface area (Å²) in [4.78, 5) is 10.8. The van der Waals surface area contributed by atoms with Crippen molar-refractivity contribution in [1.82, 2.24) is 4.57 Å². The largest absolute Gasteiger partial charge is 0.344 e. The van der Waals surface area contributed by atoms with Crippen molar-refractivity contribution in [1.29, 1.82) is 0 Å². The fourth-order valence-electron chi connectivity index (χ4n) is 2.28. The van der Waals surface area contributed by atoms with Crippen molar-refractivity contribution < 1.29 is 4.79 Å². The van der Waals surface area contributed by atoms with E-state index in [-0.39, 0.29) is 0 Å². The van der Waals surface area contributed by atoms with E-state index in [2.05, 4.69) is 32.6 Å². The Morgan fingerprint density at radius 1 is 1.06 bits per heavy atom. The number of nitrogens with zero attached hydrogens (tertiary/aromatic N) is 1. The first-order valence-electron chi connectivity index (χ1n) is 5.33. The lowest BCUT2D eigenvalue weighted by molar-refractivity contribution is 0.112. The summed E-state index contributed by atoms with van der Waals surface area (Å²) < 4.78 is 3.19. The fraction of sp³-hybridized carbons (Fsp3) is 0.0714. The van der Waals surface area contributed by atoms with Gasteiger partial charge in [0.15, 0.2) is 0 Å². The van der Waals surface area contributed by atoms with Crippen LogP contribution >= 0.6 is 15.9 Å². The number of benzene rings is 2. The average Bonchev–Trinajstić information content (AvgIpc) is 2.62. The van der Waals surface area contributed by atoms with Crippen LogP contribution in [0, 0.1) is 0 Å². The van der Waals surface area contributed by atoms with E-state index in [1.807, 2.05) is 31.3 Å². The first-order valence-corrected chi connectivity index (χ1v) is 6.13. The molecular weight excluding hydrogens is 278 g/mol. The van der Waals surface area contributed by atoms with E-state index in [1.54, 1.807) is 0 Å². The molecule has 0 amide bonds. The topological polar surface area (TPSA) is 22.0 Å². The minimum Gasteiger partial charge on any atom is -0.344 e. The van der Waals surface area contributed by atoms with Crippen LogP contribution in [0.3, 0.4) is 0 Å². The maximum absolute atomic E-state index is 10.8. The number of halogens is 1. The number of hydrogen-bond donors (Lipinski definition) is 0. The molecule has 0 saturated heterocycles. The summed E-state index contributed by atoms with van der Waals surface area (Å²) in [6.45, 7) is 0. The van der Waals surface area contributed by atoms with Crippen LogP contribution in [0.2, 0.25) is 0 Å². The van der Waals surface area contributed by atoms with Crippen molar-refractivity contribution in [2.24, 2.45) is 7.05 Å². The van der Waals surface area contributed by atoms with Gasteiger partial charge in [0.25, 0.3) is 0 Å². The van der Waals surface area contributed by atoms with E-state index in [0.29, 0.717) is 5.56 Å². The zero-order valence-corrected chi connectivity index (χ0v) is 10.9. The van der Waals surface area contributed by atoms with Crippen LogP contribution in [-0.2, 0) is 7.05 Å². The van der Waals surface area contributed by atoms with E-state index < -0.39 is 0 Å². The Morgan fingerprint density at radius 3 is 2.41 bits per heavy atom. The number of carbonyl (C=O) groups is 1. The van der Waals surface area contributed by atoms with Crippen molar-refractivity contribution in [3.05, 3.63) is 46.4 Å². The normalized spacial score (nSPS) is 11.2. The third-order valence-corrected chi connectivity index (χ3v) is 3.62. The Hall–Kier alpha value is -1.61. The summed E-state index contributed by atoms with van der Waals surface area (Å²) in [5.41, 5.74) is 3.03. The monoisotopic (exact) mass is 287 g/mol. The van der Waals surface area contributed by atoms with Crippen molar-refractivity contribution in [2.45, 2.75) is 0 Å². The third-order valence-electron chi connectivity index (χ3n) is 3.13. The molecule has 0 radical (unpaired) electrons. The van der Waals surface area contributed by atoms with Gasteiger partial charge in [-0.3, -0.25) is 4.79 Å². The van der Waals surface area contributed by atoms with E-state index in [0.717, 1.165) is 21.7 Å². The van der Waals surface area contributed by atoms with Gasteiger partial charge in [0.2, 0.25) is 0 Å². The molecular formula is C14H10BrNO. The van der Waals surface area contributed by atoms with Crippen LogP contribution in [0.4, 0.5) is 0 Å². The highest BCUT2D eigenvalue weighted by molar-refractivity contribution is 9.10.